The first-order valence-electron chi connectivity index (χ1n) is 7.67. The number of anilines is 1. The maximum Gasteiger partial charge on any atom is 0.417 e. The van der Waals surface area contributed by atoms with Crippen molar-refractivity contribution in [1.82, 2.24) is 4.90 Å². The van der Waals surface area contributed by atoms with E-state index in [4.69, 9.17) is 17.3 Å². The Morgan fingerprint density at radius 3 is 2.71 bits per heavy atom. The lowest BCUT2D eigenvalue weighted by molar-refractivity contribution is -0.137. The van der Waals surface area contributed by atoms with E-state index in [9.17, 15) is 18.0 Å². The number of benzene rings is 1. The number of hydrogen-bond donors (Lipinski definition) is 2. The Morgan fingerprint density at radius 1 is 1.50 bits per heavy atom. The summed E-state index contributed by atoms with van der Waals surface area (Å²) in [6.07, 6.45) is -3.68. The molecule has 1 aliphatic heterocycles. The van der Waals surface area contributed by atoms with E-state index < -0.39 is 22.8 Å². The molecule has 0 bridgehead atoms. The number of carbonyl (C=O) groups is 1. The number of alkyl halides is 3. The van der Waals surface area contributed by atoms with Crippen LogP contribution in [0.5, 0.6) is 0 Å². The van der Waals surface area contributed by atoms with E-state index in [0.29, 0.717) is 13.1 Å². The van der Waals surface area contributed by atoms with Gasteiger partial charge in [0.2, 0.25) is 5.91 Å². The van der Waals surface area contributed by atoms with Crippen molar-refractivity contribution in [3.63, 3.8) is 0 Å². The quantitative estimate of drug-likeness (QED) is 0.862. The molecule has 134 valence electrons. The molecule has 1 saturated heterocycles. The first-order chi connectivity index (χ1) is 11.1. The summed E-state index contributed by atoms with van der Waals surface area (Å²) >= 11 is 5.58. The minimum atomic E-state index is -4.57. The van der Waals surface area contributed by atoms with Gasteiger partial charge in [0.05, 0.1) is 16.6 Å². The van der Waals surface area contributed by atoms with E-state index in [1.807, 2.05) is 4.90 Å². The zero-order valence-corrected chi connectivity index (χ0v) is 14.3. The Labute approximate surface area is 144 Å². The summed E-state index contributed by atoms with van der Waals surface area (Å²) in [6, 6.07) is 2.88. The molecule has 2 unspecified atom stereocenters. The van der Waals surface area contributed by atoms with Crippen LogP contribution in [0.2, 0.25) is 5.02 Å². The average Bonchev–Trinajstić information content (AvgIpc) is 2.90. The van der Waals surface area contributed by atoms with Crippen molar-refractivity contribution in [2.75, 3.05) is 25.0 Å². The minimum absolute atomic E-state index is 0.0295. The van der Waals surface area contributed by atoms with Crippen molar-refractivity contribution in [3.8, 4) is 0 Å². The van der Waals surface area contributed by atoms with Gasteiger partial charge in [-0.15, -0.1) is 0 Å². The second-order valence-corrected chi connectivity index (χ2v) is 7.00. The number of carbonyl (C=O) groups excluding carboxylic acids is 1. The van der Waals surface area contributed by atoms with Crippen LogP contribution >= 0.6 is 11.6 Å². The van der Waals surface area contributed by atoms with Gasteiger partial charge < -0.3 is 11.1 Å². The topological polar surface area (TPSA) is 58.4 Å². The highest BCUT2D eigenvalue weighted by Gasteiger charge is 2.37. The third-order valence-corrected chi connectivity index (χ3v) is 4.88. The molecule has 0 aliphatic carbocycles. The fourth-order valence-corrected chi connectivity index (χ4v) is 3.02. The summed E-state index contributed by atoms with van der Waals surface area (Å²) in [4.78, 5) is 14.3. The normalized spacial score (nSPS) is 23.3. The van der Waals surface area contributed by atoms with Crippen LogP contribution in [-0.2, 0) is 11.0 Å². The van der Waals surface area contributed by atoms with Crippen LogP contribution in [0.15, 0.2) is 18.2 Å². The van der Waals surface area contributed by atoms with Gasteiger partial charge in [0, 0.05) is 12.2 Å². The Kier molecular flexibility index (Phi) is 5.47. The number of rotatable bonds is 4. The zero-order chi connectivity index (χ0) is 18.1. The third-order valence-electron chi connectivity index (χ3n) is 4.55. The fourth-order valence-electron chi connectivity index (χ4n) is 2.79. The molecule has 1 aromatic rings. The highest BCUT2D eigenvalue weighted by molar-refractivity contribution is 6.31. The van der Waals surface area contributed by atoms with Crippen LogP contribution < -0.4 is 11.1 Å². The van der Waals surface area contributed by atoms with Crippen molar-refractivity contribution in [2.24, 2.45) is 11.1 Å². The van der Waals surface area contributed by atoms with Crippen LogP contribution in [-0.4, -0.2) is 36.5 Å². The van der Waals surface area contributed by atoms with Gasteiger partial charge in [-0.1, -0.05) is 18.5 Å². The lowest BCUT2D eigenvalue weighted by Gasteiger charge is -2.26. The van der Waals surface area contributed by atoms with Crippen LogP contribution in [0.4, 0.5) is 18.9 Å². The number of nitrogens with two attached hydrogens (primary N) is 1. The van der Waals surface area contributed by atoms with Gasteiger partial charge >= 0.3 is 6.18 Å². The molecule has 1 fully saturated rings. The lowest BCUT2D eigenvalue weighted by Crippen LogP contribution is -2.42. The summed E-state index contributed by atoms with van der Waals surface area (Å²) in [6.45, 7) is 5.75. The predicted octanol–water partition coefficient (Wildman–Crippen LogP) is 3.36. The number of nitrogens with one attached hydrogen (secondary N) is 1. The molecule has 0 spiro atoms. The lowest BCUT2D eigenvalue weighted by atomic mass is 9.90. The van der Waals surface area contributed by atoms with Crippen LogP contribution in [0.25, 0.3) is 0 Å². The number of hydrogen-bond acceptors (Lipinski definition) is 3. The molecule has 1 aromatic carbocycles. The largest absolute Gasteiger partial charge is 0.417 e. The minimum Gasteiger partial charge on any atom is -0.330 e. The molecule has 2 rings (SSSR count). The summed E-state index contributed by atoms with van der Waals surface area (Å²) < 4.78 is 38.6. The Morgan fingerprint density at radius 2 is 2.17 bits per heavy atom. The highest BCUT2D eigenvalue weighted by atomic mass is 35.5. The molecule has 8 heteroatoms. The van der Waals surface area contributed by atoms with E-state index >= 15 is 0 Å². The van der Waals surface area contributed by atoms with Gasteiger partial charge in [-0.3, -0.25) is 9.69 Å². The zero-order valence-electron chi connectivity index (χ0n) is 13.6. The number of halogens is 4. The van der Waals surface area contributed by atoms with Gasteiger partial charge in [0.15, 0.2) is 0 Å². The molecule has 24 heavy (non-hydrogen) atoms. The SMILES string of the molecule is CC(C(=O)Nc1ccc(Cl)c(C(F)(F)F)c1)N1CCC(C)(CN)C1. The standard InChI is InChI=1S/C16H21ClF3N3O/c1-10(23-6-5-15(2,8-21)9-23)14(24)22-11-3-4-13(17)12(7-11)16(18,19)20/h3-4,7,10H,5-6,8-9,21H2,1-2H3,(H,22,24). The Hall–Kier alpha value is -1.31. The summed E-state index contributed by atoms with van der Waals surface area (Å²) in [5.41, 5.74) is 4.83. The molecule has 1 aliphatic rings. The summed E-state index contributed by atoms with van der Waals surface area (Å²) in [5, 5.41) is 2.14. The second-order valence-electron chi connectivity index (χ2n) is 6.59. The highest BCUT2D eigenvalue weighted by Crippen LogP contribution is 2.36. The summed E-state index contributed by atoms with van der Waals surface area (Å²) in [7, 11) is 0. The van der Waals surface area contributed by atoms with Crippen LogP contribution in [0, 0.1) is 5.41 Å². The molecule has 2 atom stereocenters. The van der Waals surface area contributed by atoms with E-state index in [-0.39, 0.29) is 17.0 Å². The molecule has 0 saturated carbocycles. The van der Waals surface area contributed by atoms with Crippen molar-refractivity contribution in [2.45, 2.75) is 32.5 Å². The smallest absolute Gasteiger partial charge is 0.330 e. The number of amides is 1. The molecule has 0 aromatic heterocycles. The first kappa shape index (κ1) is 19.0. The van der Waals surface area contributed by atoms with Crippen molar-refractivity contribution in [3.05, 3.63) is 28.8 Å². The molecule has 0 radical (unpaired) electrons. The number of likely N-dealkylation sites (tertiary alicyclic amines) is 1. The molecule has 4 nitrogen and oxygen atoms in total. The molecule has 3 N–H and O–H groups in total. The van der Waals surface area contributed by atoms with Crippen molar-refractivity contribution in [1.29, 1.82) is 0 Å². The molecule has 1 amide bonds. The second kappa shape index (κ2) is 6.90. The van der Waals surface area contributed by atoms with E-state index in [1.54, 1.807) is 6.92 Å². The van der Waals surface area contributed by atoms with Gasteiger partial charge in [-0.25, -0.2) is 0 Å². The maximum atomic E-state index is 12.9. The Bertz CT molecular complexity index is 623. The monoisotopic (exact) mass is 363 g/mol. The van der Waals surface area contributed by atoms with E-state index in [0.717, 1.165) is 25.1 Å². The van der Waals surface area contributed by atoms with Crippen LogP contribution in [0.3, 0.4) is 0 Å². The molecular formula is C16H21ClF3N3O. The van der Waals surface area contributed by atoms with E-state index in [2.05, 4.69) is 12.2 Å². The van der Waals surface area contributed by atoms with E-state index in [1.165, 1.54) is 6.07 Å². The summed E-state index contributed by atoms with van der Waals surface area (Å²) in [5.74, 6) is -0.355. The van der Waals surface area contributed by atoms with Gasteiger partial charge in [0.1, 0.15) is 0 Å². The molecule has 1 heterocycles. The van der Waals surface area contributed by atoms with Crippen molar-refractivity contribution < 1.29 is 18.0 Å². The third kappa shape index (κ3) is 4.20. The van der Waals surface area contributed by atoms with Gasteiger partial charge in [-0.05, 0) is 50.0 Å². The maximum absolute atomic E-state index is 12.9. The Balaban J connectivity index is 2.07. The van der Waals surface area contributed by atoms with Gasteiger partial charge in [-0.2, -0.15) is 13.2 Å². The molecular weight excluding hydrogens is 343 g/mol. The van der Waals surface area contributed by atoms with Gasteiger partial charge in [0.25, 0.3) is 0 Å². The average molecular weight is 364 g/mol. The first-order valence-corrected chi connectivity index (χ1v) is 8.05. The van der Waals surface area contributed by atoms with Crippen LogP contribution in [0.1, 0.15) is 25.8 Å². The predicted molar refractivity (Wildman–Crippen MR) is 87.9 cm³/mol. The van der Waals surface area contributed by atoms with Crippen molar-refractivity contribution >= 4 is 23.2 Å². The number of nitrogens with zero attached hydrogens (tertiary/aromatic N) is 1. The fraction of sp³-hybridized carbons (Fsp3) is 0.562.